The van der Waals surface area contributed by atoms with Crippen LogP contribution in [0.3, 0.4) is 0 Å². The van der Waals surface area contributed by atoms with Crippen molar-refractivity contribution >= 4 is 23.9 Å². The van der Waals surface area contributed by atoms with Gasteiger partial charge in [0.25, 0.3) is 0 Å². The van der Waals surface area contributed by atoms with Crippen molar-refractivity contribution in [3.63, 3.8) is 0 Å². The average molecular weight is 562 g/mol. The fourth-order valence-corrected chi connectivity index (χ4v) is 4.44. The first kappa shape index (κ1) is 34.9. The molecule has 0 saturated heterocycles. The lowest BCUT2D eigenvalue weighted by atomic mass is 9.94. The highest BCUT2D eigenvalue weighted by Crippen LogP contribution is 2.28. The van der Waals surface area contributed by atoms with Crippen LogP contribution in [-0.2, 0) is 23.9 Å². The zero-order valence-corrected chi connectivity index (χ0v) is 26.0. The number of alkyl carbamates (subject to hydrolysis) is 1. The highest BCUT2D eigenvalue weighted by atomic mass is 16.6. The molecule has 0 aliphatic carbocycles. The third-order valence-corrected chi connectivity index (χ3v) is 6.62. The summed E-state index contributed by atoms with van der Waals surface area (Å²) in [4.78, 5) is 54.2. The van der Waals surface area contributed by atoms with Gasteiger partial charge in [-0.1, -0.05) is 64.7 Å². The van der Waals surface area contributed by atoms with Crippen molar-refractivity contribution < 1.29 is 28.7 Å². The molecule has 3 amide bonds. The monoisotopic (exact) mass is 561 g/mol. The lowest BCUT2D eigenvalue weighted by Crippen LogP contribution is -2.54. The van der Waals surface area contributed by atoms with E-state index in [-0.39, 0.29) is 18.4 Å². The maximum atomic E-state index is 14.3. The predicted octanol–water partition coefficient (Wildman–Crippen LogP) is 5.37. The Hall–Kier alpha value is -3.10. The number of amides is 3. The number of aryl methyl sites for hydroxylation is 1. The summed E-state index contributed by atoms with van der Waals surface area (Å²) in [5, 5.41) is 5.43. The van der Waals surface area contributed by atoms with Crippen molar-refractivity contribution in [1.29, 1.82) is 0 Å². The Bertz CT molecular complexity index is 986. The smallest absolute Gasteiger partial charge is 0.408 e. The topological polar surface area (TPSA) is 114 Å². The van der Waals surface area contributed by atoms with Crippen LogP contribution in [0.4, 0.5) is 4.79 Å². The highest BCUT2D eigenvalue weighted by molar-refractivity contribution is 5.93. The molecule has 2 N–H and O–H groups in total. The summed E-state index contributed by atoms with van der Waals surface area (Å²) in [6.07, 6.45) is 4.46. The lowest BCUT2D eigenvalue weighted by molar-refractivity contribution is -0.145. The van der Waals surface area contributed by atoms with E-state index in [0.29, 0.717) is 24.9 Å². The molecule has 0 aliphatic rings. The van der Waals surface area contributed by atoms with Gasteiger partial charge < -0.3 is 25.0 Å². The van der Waals surface area contributed by atoms with E-state index >= 15 is 0 Å². The molecule has 0 bridgehead atoms. The highest BCUT2D eigenvalue weighted by Gasteiger charge is 2.37. The lowest BCUT2D eigenvalue weighted by Gasteiger charge is -2.35. The van der Waals surface area contributed by atoms with Crippen LogP contribution >= 0.6 is 0 Å². The first-order valence-corrected chi connectivity index (χ1v) is 14.4. The molecule has 0 aliphatic heterocycles. The van der Waals surface area contributed by atoms with Gasteiger partial charge in [0.2, 0.25) is 11.8 Å². The van der Waals surface area contributed by atoms with Gasteiger partial charge >= 0.3 is 12.1 Å². The third-order valence-electron chi connectivity index (χ3n) is 6.62. The normalized spacial score (nSPS) is 12.8. The summed E-state index contributed by atoms with van der Waals surface area (Å²) in [6, 6.07) is 3.74. The molecule has 0 heterocycles. The minimum Gasteiger partial charge on any atom is -0.468 e. The van der Waals surface area contributed by atoms with Crippen LogP contribution in [0.2, 0.25) is 0 Å². The third kappa shape index (κ3) is 12.0. The number of nitrogens with zero attached hydrogens (tertiary/aromatic N) is 1. The molecule has 40 heavy (non-hydrogen) atoms. The van der Waals surface area contributed by atoms with E-state index in [1.807, 2.05) is 45.9 Å². The number of hydrogen-bond acceptors (Lipinski definition) is 6. The van der Waals surface area contributed by atoms with Crippen molar-refractivity contribution in [2.45, 2.75) is 112 Å². The quantitative estimate of drug-likeness (QED) is 0.220. The van der Waals surface area contributed by atoms with Crippen LogP contribution in [0, 0.1) is 19.8 Å². The van der Waals surface area contributed by atoms with E-state index in [2.05, 4.69) is 17.6 Å². The molecular formula is C31H51N3O6. The fourth-order valence-electron chi connectivity index (χ4n) is 4.44. The van der Waals surface area contributed by atoms with Gasteiger partial charge in [-0.15, -0.1) is 0 Å². The number of ether oxygens (including phenoxy) is 2. The van der Waals surface area contributed by atoms with E-state index in [4.69, 9.17) is 9.47 Å². The van der Waals surface area contributed by atoms with Gasteiger partial charge in [-0.2, -0.15) is 0 Å². The second kappa shape index (κ2) is 16.9. The van der Waals surface area contributed by atoms with Gasteiger partial charge in [0.1, 0.15) is 24.2 Å². The van der Waals surface area contributed by atoms with Crippen molar-refractivity contribution in [2.24, 2.45) is 5.92 Å². The maximum absolute atomic E-state index is 14.3. The number of nitrogens with one attached hydrogen (secondary N) is 2. The largest absolute Gasteiger partial charge is 0.468 e. The Balaban J connectivity index is 3.56. The van der Waals surface area contributed by atoms with Gasteiger partial charge in [0, 0.05) is 6.54 Å². The Morgan fingerprint density at radius 3 is 2.23 bits per heavy atom. The molecule has 9 heteroatoms. The SMILES string of the molecule is CCCCCCCN(C(=O)C(CC(C)C)NC(=O)OC(C)(C)C)C(C(=O)NCC(=O)OC)c1cccc(C)c1C. The predicted molar refractivity (Wildman–Crippen MR) is 157 cm³/mol. The van der Waals surface area contributed by atoms with Gasteiger partial charge in [0.15, 0.2) is 0 Å². The molecule has 0 radical (unpaired) electrons. The minimum atomic E-state index is -1.00. The minimum absolute atomic E-state index is 0.0857. The number of methoxy groups -OCH3 is 1. The summed E-state index contributed by atoms with van der Waals surface area (Å²) < 4.78 is 10.2. The zero-order chi connectivity index (χ0) is 30.5. The number of hydrogen-bond donors (Lipinski definition) is 2. The molecule has 1 rings (SSSR count). The second-order valence-electron chi connectivity index (χ2n) is 11.8. The molecule has 0 spiro atoms. The van der Waals surface area contributed by atoms with Crippen molar-refractivity contribution in [1.82, 2.24) is 15.5 Å². The van der Waals surface area contributed by atoms with Crippen LogP contribution < -0.4 is 10.6 Å². The van der Waals surface area contributed by atoms with E-state index in [0.717, 1.165) is 36.8 Å². The zero-order valence-electron chi connectivity index (χ0n) is 26.0. The van der Waals surface area contributed by atoms with E-state index in [9.17, 15) is 19.2 Å². The average Bonchev–Trinajstić information content (AvgIpc) is 2.86. The number of esters is 1. The van der Waals surface area contributed by atoms with Crippen LogP contribution in [-0.4, -0.2) is 60.6 Å². The summed E-state index contributed by atoms with van der Waals surface area (Å²) in [5.41, 5.74) is 1.79. The van der Waals surface area contributed by atoms with Gasteiger partial charge in [-0.25, -0.2) is 4.79 Å². The van der Waals surface area contributed by atoms with Crippen LogP contribution in [0.25, 0.3) is 0 Å². The molecule has 0 saturated carbocycles. The molecule has 1 aromatic rings. The second-order valence-corrected chi connectivity index (χ2v) is 11.8. The first-order chi connectivity index (χ1) is 18.7. The van der Waals surface area contributed by atoms with Crippen molar-refractivity contribution in [3.8, 4) is 0 Å². The molecule has 9 nitrogen and oxygen atoms in total. The van der Waals surface area contributed by atoms with Crippen LogP contribution in [0.5, 0.6) is 0 Å². The van der Waals surface area contributed by atoms with Crippen molar-refractivity contribution in [3.05, 3.63) is 34.9 Å². The van der Waals surface area contributed by atoms with Gasteiger partial charge in [-0.3, -0.25) is 14.4 Å². The van der Waals surface area contributed by atoms with Crippen molar-refractivity contribution in [2.75, 3.05) is 20.2 Å². The number of carbonyl (C=O) groups excluding carboxylic acids is 4. The number of rotatable bonds is 15. The molecular weight excluding hydrogens is 510 g/mol. The molecule has 2 atom stereocenters. The Kier molecular flexibility index (Phi) is 14.7. The molecule has 226 valence electrons. The van der Waals surface area contributed by atoms with Crippen LogP contribution in [0.15, 0.2) is 18.2 Å². The summed E-state index contributed by atoms with van der Waals surface area (Å²) >= 11 is 0. The first-order valence-electron chi connectivity index (χ1n) is 14.4. The fraction of sp³-hybridized carbons (Fsp3) is 0.677. The summed E-state index contributed by atoms with van der Waals surface area (Å²) in [7, 11) is 1.25. The molecule has 0 fully saturated rings. The van der Waals surface area contributed by atoms with E-state index in [1.54, 1.807) is 25.7 Å². The van der Waals surface area contributed by atoms with E-state index in [1.165, 1.54) is 7.11 Å². The maximum Gasteiger partial charge on any atom is 0.408 e. The standard InChI is InChI=1S/C31H51N3O6/c1-10-11-12-13-14-18-34(29(37)25(19-21(2)3)33-30(38)40-31(6,7)8)27(28(36)32-20-26(35)39-9)24-17-15-16-22(4)23(24)5/h15-17,21,25,27H,10-14,18-20H2,1-9H3,(H,32,36)(H,33,38). The summed E-state index contributed by atoms with van der Waals surface area (Å²) in [6.45, 7) is 15.2. The Morgan fingerprint density at radius 1 is 1.00 bits per heavy atom. The molecule has 0 aromatic heterocycles. The van der Waals surface area contributed by atoms with Crippen LogP contribution in [0.1, 0.15) is 103 Å². The van der Waals surface area contributed by atoms with Gasteiger partial charge in [-0.05, 0) is 70.1 Å². The van der Waals surface area contributed by atoms with Gasteiger partial charge in [0.05, 0.1) is 7.11 Å². The Labute approximate surface area is 240 Å². The number of unbranched alkanes of at least 4 members (excludes halogenated alkanes) is 4. The number of benzene rings is 1. The number of carbonyl (C=O) groups is 4. The summed E-state index contributed by atoms with van der Waals surface area (Å²) in [5.74, 6) is -1.35. The Morgan fingerprint density at radius 2 is 1.65 bits per heavy atom. The van der Waals surface area contributed by atoms with E-state index < -0.39 is 35.7 Å². The molecule has 2 unspecified atom stereocenters. The molecule has 1 aromatic carbocycles.